The van der Waals surface area contributed by atoms with Crippen molar-refractivity contribution in [2.45, 2.75) is 31.0 Å². The van der Waals surface area contributed by atoms with E-state index in [4.69, 9.17) is 9.47 Å². The van der Waals surface area contributed by atoms with Crippen molar-refractivity contribution in [3.63, 3.8) is 0 Å². The third-order valence-corrected chi connectivity index (χ3v) is 4.86. The average Bonchev–Trinajstić information content (AvgIpc) is 3.03. The van der Waals surface area contributed by atoms with Crippen LogP contribution in [-0.4, -0.2) is 32.3 Å². The van der Waals surface area contributed by atoms with Crippen LogP contribution in [0.1, 0.15) is 18.2 Å². The van der Waals surface area contributed by atoms with Gasteiger partial charge in [0.2, 0.25) is 0 Å². The largest absolute Gasteiger partial charge is 0.465 e. The molecule has 8 heteroatoms. The predicted octanol–water partition coefficient (Wildman–Crippen LogP) is 3.24. The van der Waals surface area contributed by atoms with E-state index in [0.717, 1.165) is 16.6 Å². The monoisotopic (exact) mass is 363 g/mol. The minimum atomic E-state index is -1.38. The van der Waals surface area contributed by atoms with Crippen LogP contribution in [0.3, 0.4) is 0 Å². The molecule has 132 valence electrons. The lowest BCUT2D eigenvalue weighted by atomic mass is 10.2. The number of benzene rings is 1. The first-order chi connectivity index (χ1) is 12.1. The van der Waals surface area contributed by atoms with Gasteiger partial charge in [-0.1, -0.05) is 12.1 Å². The van der Waals surface area contributed by atoms with Gasteiger partial charge in [-0.05, 0) is 32.0 Å². The summed E-state index contributed by atoms with van der Waals surface area (Å²) in [6.45, 7) is 2.50. The normalized spacial score (nSPS) is 13.7. The quantitative estimate of drug-likeness (QED) is 0.652. The molecule has 0 aliphatic heterocycles. The van der Waals surface area contributed by atoms with Crippen molar-refractivity contribution in [2.24, 2.45) is 0 Å². The fraction of sp³-hybridized carbons (Fsp3) is 0.294. The van der Waals surface area contributed by atoms with Gasteiger partial charge in [-0.15, -0.1) is 0 Å². The maximum Gasteiger partial charge on any atom is 0.199 e. The molecule has 2 unspecified atom stereocenters. The number of para-hydroxylation sites is 2. The van der Waals surface area contributed by atoms with E-state index in [0.29, 0.717) is 16.6 Å². The van der Waals surface area contributed by atoms with Crippen LogP contribution >= 0.6 is 0 Å². The number of hydrogen-bond donors (Lipinski definition) is 1. The zero-order chi connectivity index (χ0) is 17.8. The maximum absolute atomic E-state index is 12.6. The van der Waals surface area contributed by atoms with Crippen LogP contribution in [0.15, 0.2) is 41.7 Å². The molecule has 0 bridgehead atoms. The molecule has 0 aliphatic rings. The van der Waals surface area contributed by atoms with Crippen LogP contribution < -0.4 is 4.74 Å². The number of nitrogens with one attached hydrogen (secondary N) is 1. The Labute approximate surface area is 146 Å². The van der Waals surface area contributed by atoms with Gasteiger partial charge in [0.1, 0.15) is 5.75 Å². The molecule has 3 aromatic rings. The molecule has 25 heavy (non-hydrogen) atoms. The maximum atomic E-state index is 12.6. The molecule has 0 fully saturated rings. The van der Waals surface area contributed by atoms with E-state index in [1.165, 1.54) is 0 Å². The first-order valence-electron chi connectivity index (χ1n) is 7.70. The first kappa shape index (κ1) is 17.5. The molecule has 2 heterocycles. The number of nitrogens with zero attached hydrogens (tertiary/aromatic N) is 2. The minimum absolute atomic E-state index is 0.196. The van der Waals surface area contributed by atoms with Crippen LogP contribution in [0.2, 0.25) is 0 Å². The van der Waals surface area contributed by atoms with Crippen molar-refractivity contribution in [1.29, 1.82) is 0 Å². The number of hydrogen-bond acceptors (Lipinski definition) is 5. The molecule has 2 atom stereocenters. The van der Waals surface area contributed by atoms with Gasteiger partial charge >= 0.3 is 0 Å². The molecule has 0 amide bonds. The van der Waals surface area contributed by atoms with E-state index in [9.17, 15) is 8.60 Å². The summed E-state index contributed by atoms with van der Waals surface area (Å²) >= 11 is 0. The fourth-order valence-corrected chi connectivity index (χ4v) is 3.46. The van der Waals surface area contributed by atoms with Gasteiger partial charge in [-0.2, -0.15) is 0 Å². The summed E-state index contributed by atoms with van der Waals surface area (Å²) in [4.78, 5) is 11.7. The van der Waals surface area contributed by atoms with Gasteiger partial charge in [0.05, 0.1) is 33.3 Å². The Kier molecular flexibility index (Phi) is 5.40. The number of imidazole rings is 1. The molecule has 1 aromatic carbocycles. The Morgan fingerprint density at radius 3 is 2.88 bits per heavy atom. The van der Waals surface area contributed by atoms with Gasteiger partial charge in [0.15, 0.2) is 18.3 Å². The third kappa shape index (κ3) is 4.02. The lowest BCUT2D eigenvalue weighted by Gasteiger charge is -2.16. The zero-order valence-corrected chi connectivity index (χ0v) is 14.7. The number of rotatable bonds is 7. The Hall–Kier alpha value is -2.32. The number of ether oxygens (including phenoxy) is 2. The molecule has 2 aromatic heterocycles. The SMILES string of the molecule is Cc1c(OC(C)OCF)ccnc1CS(=O)c1nc2ccccc2[nH]1. The highest BCUT2D eigenvalue weighted by atomic mass is 32.2. The highest BCUT2D eigenvalue weighted by Crippen LogP contribution is 2.23. The molecule has 6 nitrogen and oxygen atoms in total. The number of alkyl halides is 1. The van der Waals surface area contributed by atoms with Gasteiger partial charge < -0.3 is 14.5 Å². The van der Waals surface area contributed by atoms with Gasteiger partial charge in [-0.3, -0.25) is 9.19 Å². The molecular weight excluding hydrogens is 345 g/mol. The standard InChI is InChI=1S/C17H18FN3O3S/c1-11-15(19-8-7-16(11)24-12(2)23-10-18)9-25(22)17-20-13-5-3-4-6-14(13)21-17/h3-8,12H,9-10H2,1-2H3,(H,20,21). The fourth-order valence-electron chi connectivity index (χ4n) is 2.36. The Balaban J connectivity index is 1.79. The number of aromatic nitrogens is 3. The summed E-state index contributed by atoms with van der Waals surface area (Å²) in [5, 5.41) is 0.405. The topological polar surface area (TPSA) is 77.1 Å². The number of halogens is 1. The Bertz CT molecular complexity index is 867. The van der Waals surface area contributed by atoms with E-state index in [1.54, 1.807) is 19.2 Å². The van der Waals surface area contributed by atoms with Crippen molar-refractivity contribution < 1.29 is 18.1 Å². The lowest BCUT2D eigenvalue weighted by Crippen LogP contribution is -2.17. The second-order valence-electron chi connectivity index (χ2n) is 5.39. The van der Waals surface area contributed by atoms with Gasteiger partial charge in [-0.25, -0.2) is 9.37 Å². The number of aromatic amines is 1. The second-order valence-corrected chi connectivity index (χ2v) is 6.76. The molecule has 0 spiro atoms. The van der Waals surface area contributed by atoms with E-state index < -0.39 is 24.0 Å². The van der Waals surface area contributed by atoms with Crippen molar-refractivity contribution in [1.82, 2.24) is 15.0 Å². The molecule has 0 radical (unpaired) electrons. The minimum Gasteiger partial charge on any atom is -0.465 e. The molecule has 0 saturated heterocycles. The molecule has 0 aliphatic carbocycles. The molecule has 1 N–H and O–H groups in total. The van der Waals surface area contributed by atoms with E-state index in [-0.39, 0.29) is 5.75 Å². The van der Waals surface area contributed by atoms with Crippen LogP contribution in [0.5, 0.6) is 5.75 Å². The summed E-state index contributed by atoms with van der Waals surface area (Å²) in [5.41, 5.74) is 2.97. The Morgan fingerprint density at radius 2 is 2.12 bits per heavy atom. The summed E-state index contributed by atoms with van der Waals surface area (Å²) in [6.07, 6.45) is 0.843. The molecular formula is C17H18FN3O3S. The van der Waals surface area contributed by atoms with E-state index in [2.05, 4.69) is 15.0 Å². The summed E-state index contributed by atoms with van der Waals surface area (Å²) < 4.78 is 35.1. The summed E-state index contributed by atoms with van der Waals surface area (Å²) in [7, 11) is -1.38. The highest BCUT2D eigenvalue weighted by molar-refractivity contribution is 7.84. The Morgan fingerprint density at radius 1 is 1.32 bits per heavy atom. The zero-order valence-electron chi connectivity index (χ0n) is 13.9. The summed E-state index contributed by atoms with van der Waals surface area (Å²) in [5.74, 6) is 0.717. The van der Waals surface area contributed by atoms with E-state index in [1.807, 2.05) is 31.2 Å². The van der Waals surface area contributed by atoms with Crippen molar-refractivity contribution in [3.05, 3.63) is 47.8 Å². The average molecular weight is 363 g/mol. The second kappa shape index (κ2) is 7.71. The van der Waals surface area contributed by atoms with Gasteiger partial charge in [0, 0.05) is 11.8 Å². The van der Waals surface area contributed by atoms with Crippen LogP contribution in [0, 0.1) is 6.92 Å². The lowest BCUT2D eigenvalue weighted by molar-refractivity contribution is -0.0991. The highest BCUT2D eigenvalue weighted by Gasteiger charge is 2.16. The number of fused-ring (bicyclic) bond motifs is 1. The number of pyridine rings is 1. The van der Waals surface area contributed by atoms with Crippen molar-refractivity contribution in [2.75, 3.05) is 6.86 Å². The van der Waals surface area contributed by atoms with Crippen molar-refractivity contribution in [3.8, 4) is 5.75 Å². The van der Waals surface area contributed by atoms with Crippen LogP contribution in [0.4, 0.5) is 4.39 Å². The number of H-pyrrole nitrogens is 1. The molecule has 0 saturated carbocycles. The first-order valence-corrected chi connectivity index (χ1v) is 9.02. The third-order valence-electron chi connectivity index (χ3n) is 3.70. The van der Waals surface area contributed by atoms with E-state index >= 15 is 0 Å². The van der Waals surface area contributed by atoms with Crippen LogP contribution in [-0.2, 0) is 21.3 Å². The van der Waals surface area contributed by atoms with Crippen molar-refractivity contribution >= 4 is 21.8 Å². The molecule has 3 rings (SSSR count). The smallest absolute Gasteiger partial charge is 0.199 e. The van der Waals surface area contributed by atoms with Gasteiger partial charge in [0.25, 0.3) is 0 Å². The predicted molar refractivity (Wildman–Crippen MR) is 92.3 cm³/mol. The van der Waals surface area contributed by atoms with Crippen LogP contribution in [0.25, 0.3) is 11.0 Å². The summed E-state index contributed by atoms with van der Waals surface area (Å²) in [6, 6.07) is 9.18.